The van der Waals surface area contributed by atoms with Crippen molar-refractivity contribution in [1.29, 1.82) is 0 Å². The highest BCUT2D eigenvalue weighted by Crippen LogP contribution is 2.30. The van der Waals surface area contributed by atoms with Gasteiger partial charge >= 0.3 is 0 Å². The molecule has 5 atom stereocenters. The van der Waals surface area contributed by atoms with E-state index < -0.39 is 30.5 Å². The molecular weight excluding hydrogens is 440 g/mol. The second-order valence-corrected chi connectivity index (χ2v) is 8.46. The van der Waals surface area contributed by atoms with Crippen LogP contribution < -0.4 is 0 Å². The van der Waals surface area contributed by atoms with Crippen molar-refractivity contribution >= 4 is 0 Å². The molecule has 5 nitrogen and oxygen atoms in total. The molecule has 3 aromatic rings. The Morgan fingerprint density at radius 2 is 1.09 bits per heavy atom. The maximum absolute atomic E-state index is 10.2. The number of ether oxygens (including phenoxy) is 4. The van der Waals surface area contributed by atoms with E-state index in [9.17, 15) is 5.11 Å². The fourth-order valence-electron chi connectivity index (χ4n) is 4.19. The zero-order chi connectivity index (χ0) is 24.3. The van der Waals surface area contributed by atoms with E-state index in [0.717, 1.165) is 16.7 Å². The molecular formula is C30H32O5. The lowest BCUT2D eigenvalue weighted by atomic mass is 9.94. The molecule has 0 aliphatic carbocycles. The van der Waals surface area contributed by atoms with Gasteiger partial charge in [-0.3, -0.25) is 0 Å². The maximum atomic E-state index is 10.2. The van der Waals surface area contributed by atoms with Gasteiger partial charge in [0.15, 0.2) is 0 Å². The number of benzene rings is 3. The third-order valence-corrected chi connectivity index (χ3v) is 5.96. The van der Waals surface area contributed by atoms with Crippen LogP contribution in [0, 0.1) is 11.8 Å². The zero-order valence-corrected chi connectivity index (χ0v) is 20.0. The SMILES string of the molecule is CC#C[C@@H]1OC(CO)[C@@H](OCc2ccccc2)C(OCc2ccccc2)C1OCc1ccccc1. The van der Waals surface area contributed by atoms with E-state index in [1.165, 1.54) is 0 Å². The number of hydrogen-bond acceptors (Lipinski definition) is 5. The average molecular weight is 473 g/mol. The normalized spacial score (nSPS) is 23.9. The Morgan fingerprint density at radius 1 is 0.657 bits per heavy atom. The summed E-state index contributed by atoms with van der Waals surface area (Å²) in [6, 6.07) is 29.9. The minimum absolute atomic E-state index is 0.210. The van der Waals surface area contributed by atoms with Gasteiger partial charge in [0.2, 0.25) is 0 Å². The van der Waals surface area contributed by atoms with Gasteiger partial charge in [0.05, 0.1) is 26.4 Å². The molecule has 1 saturated heterocycles. The van der Waals surface area contributed by atoms with Crippen LogP contribution in [0.15, 0.2) is 91.0 Å². The van der Waals surface area contributed by atoms with E-state index in [4.69, 9.17) is 18.9 Å². The molecule has 0 spiro atoms. The molecule has 0 saturated carbocycles. The van der Waals surface area contributed by atoms with Gasteiger partial charge in [-0.15, -0.1) is 5.92 Å². The topological polar surface area (TPSA) is 57.2 Å². The van der Waals surface area contributed by atoms with E-state index in [-0.39, 0.29) is 6.61 Å². The van der Waals surface area contributed by atoms with Crippen molar-refractivity contribution in [2.75, 3.05) is 6.61 Å². The average Bonchev–Trinajstić information content (AvgIpc) is 2.92. The van der Waals surface area contributed by atoms with Crippen molar-refractivity contribution in [3.05, 3.63) is 108 Å². The number of hydrogen-bond donors (Lipinski definition) is 1. The number of aliphatic hydroxyl groups excluding tert-OH is 1. The number of rotatable bonds is 10. The Bertz CT molecular complexity index is 1060. The largest absolute Gasteiger partial charge is 0.394 e. The molecule has 0 amide bonds. The minimum Gasteiger partial charge on any atom is -0.394 e. The first-order valence-corrected chi connectivity index (χ1v) is 11.9. The minimum atomic E-state index is -0.595. The lowest BCUT2D eigenvalue weighted by Gasteiger charge is -2.44. The fraction of sp³-hybridized carbons (Fsp3) is 0.333. The van der Waals surface area contributed by atoms with Crippen LogP contribution in [-0.4, -0.2) is 42.2 Å². The van der Waals surface area contributed by atoms with Crippen molar-refractivity contribution in [2.45, 2.75) is 57.3 Å². The lowest BCUT2D eigenvalue weighted by molar-refractivity contribution is -0.258. The maximum Gasteiger partial charge on any atom is 0.147 e. The number of aliphatic hydroxyl groups is 1. The molecule has 35 heavy (non-hydrogen) atoms. The van der Waals surface area contributed by atoms with Crippen molar-refractivity contribution in [3.63, 3.8) is 0 Å². The van der Waals surface area contributed by atoms with Gasteiger partial charge in [-0.1, -0.05) is 96.9 Å². The fourth-order valence-corrected chi connectivity index (χ4v) is 4.19. The van der Waals surface area contributed by atoms with Crippen LogP contribution in [0.4, 0.5) is 0 Å². The molecule has 1 N–H and O–H groups in total. The summed E-state index contributed by atoms with van der Waals surface area (Å²) in [5.41, 5.74) is 3.12. The second kappa shape index (κ2) is 13.2. The second-order valence-electron chi connectivity index (χ2n) is 8.46. The predicted octanol–water partition coefficient (Wildman–Crippen LogP) is 4.53. The van der Waals surface area contributed by atoms with Gasteiger partial charge in [-0.05, 0) is 23.6 Å². The van der Waals surface area contributed by atoms with Crippen LogP contribution in [0.2, 0.25) is 0 Å². The molecule has 5 heteroatoms. The summed E-state index contributed by atoms with van der Waals surface area (Å²) in [6.45, 7) is 2.69. The Hall–Kier alpha value is -2.98. The first-order chi connectivity index (χ1) is 17.3. The molecule has 3 unspecified atom stereocenters. The highest BCUT2D eigenvalue weighted by molar-refractivity contribution is 5.17. The van der Waals surface area contributed by atoms with Gasteiger partial charge in [0.1, 0.15) is 30.5 Å². The Balaban J connectivity index is 1.59. The first-order valence-electron chi connectivity index (χ1n) is 11.9. The van der Waals surface area contributed by atoms with Crippen molar-refractivity contribution in [3.8, 4) is 11.8 Å². The first kappa shape index (κ1) is 25.1. The van der Waals surface area contributed by atoms with Crippen LogP contribution in [0.5, 0.6) is 0 Å². The summed E-state index contributed by atoms with van der Waals surface area (Å²) >= 11 is 0. The molecule has 0 aromatic heterocycles. The van der Waals surface area contributed by atoms with E-state index in [1.54, 1.807) is 6.92 Å². The van der Waals surface area contributed by atoms with Crippen molar-refractivity contribution in [2.24, 2.45) is 0 Å². The van der Waals surface area contributed by atoms with Crippen molar-refractivity contribution < 1.29 is 24.1 Å². The van der Waals surface area contributed by atoms with Crippen LogP contribution in [0.3, 0.4) is 0 Å². The smallest absolute Gasteiger partial charge is 0.147 e. The van der Waals surface area contributed by atoms with Crippen LogP contribution in [0.1, 0.15) is 23.6 Å². The summed E-state index contributed by atoms with van der Waals surface area (Å²) in [6.07, 6.45) is -2.70. The lowest BCUT2D eigenvalue weighted by Crippen LogP contribution is -2.60. The highest BCUT2D eigenvalue weighted by atomic mass is 16.6. The van der Waals surface area contributed by atoms with Gasteiger partial charge in [0, 0.05) is 0 Å². The summed E-state index contributed by atoms with van der Waals surface area (Å²) in [5.74, 6) is 6.06. The van der Waals surface area contributed by atoms with Crippen LogP contribution in [0.25, 0.3) is 0 Å². The molecule has 1 aliphatic heterocycles. The van der Waals surface area contributed by atoms with E-state index in [0.29, 0.717) is 19.8 Å². The molecule has 3 aromatic carbocycles. The Morgan fingerprint density at radius 3 is 1.51 bits per heavy atom. The monoisotopic (exact) mass is 472 g/mol. The van der Waals surface area contributed by atoms with Gasteiger partial charge in [0.25, 0.3) is 0 Å². The van der Waals surface area contributed by atoms with Crippen LogP contribution in [-0.2, 0) is 38.8 Å². The molecule has 1 fully saturated rings. The molecule has 0 radical (unpaired) electrons. The molecule has 182 valence electrons. The summed E-state index contributed by atoms with van der Waals surface area (Å²) in [7, 11) is 0. The summed E-state index contributed by atoms with van der Waals surface area (Å²) in [5, 5.41) is 10.2. The van der Waals surface area contributed by atoms with Gasteiger partial charge in [-0.2, -0.15) is 0 Å². The molecule has 1 aliphatic rings. The standard InChI is InChI=1S/C30H32O5/c1-2-12-26-28(32-20-23-13-6-3-7-14-23)30(34-22-25-17-10-5-11-18-25)29(27(19-31)35-26)33-21-24-15-8-4-9-16-24/h3-11,13-18,26-31H,19-22H2,1H3/t26-,27?,28?,29+,30?/m0/s1. The predicted molar refractivity (Wildman–Crippen MR) is 134 cm³/mol. The highest BCUT2D eigenvalue weighted by Gasteiger charge is 2.47. The van der Waals surface area contributed by atoms with Gasteiger partial charge in [-0.25, -0.2) is 0 Å². The third kappa shape index (κ3) is 7.02. The molecule has 4 rings (SSSR count). The summed E-state index contributed by atoms with van der Waals surface area (Å²) < 4.78 is 25.4. The van der Waals surface area contributed by atoms with Crippen LogP contribution >= 0.6 is 0 Å². The summed E-state index contributed by atoms with van der Waals surface area (Å²) in [4.78, 5) is 0. The Labute approximate surface area is 207 Å². The third-order valence-electron chi connectivity index (χ3n) is 5.96. The quantitative estimate of drug-likeness (QED) is 0.440. The van der Waals surface area contributed by atoms with Crippen molar-refractivity contribution in [1.82, 2.24) is 0 Å². The molecule has 0 bridgehead atoms. The molecule has 1 heterocycles. The van der Waals surface area contributed by atoms with E-state index in [2.05, 4.69) is 11.8 Å². The Kier molecular flexibility index (Phi) is 9.47. The zero-order valence-electron chi connectivity index (χ0n) is 20.0. The van der Waals surface area contributed by atoms with E-state index in [1.807, 2.05) is 91.0 Å². The van der Waals surface area contributed by atoms with E-state index >= 15 is 0 Å². The van der Waals surface area contributed by atoms with Gasteiger partial charge < -0.3 is 24.1 Å².